The Morgan fingerprint density at radius 3 is 2.59 bits per heavy atom. The maximum Gasteiger partial charge on any atom is 0.418 e. The molecule has 0 amide bonds. The summed E-state index contributed by atoms with van der Waals surface area (Å²) in [6, 6.07) is 1.15. The molecule has 0 saturated carbocycles. The first-order valence-corrected chi connectivity index (χ1v) is 4.72. The molecule has 7 heteroatoms. The first-order valence-electron chi connectivity index (χ1n) is 4.72. The largest absolute Gasteiger partial charge is 0.466 e. The summed E-state index contributed by atoms with van der Waals surface area (Å²) in [4.78, 5) is 14.1. The highest BCUT2D eigenvalue weighted by molar-refractivity contribution is 5.72. The highest BCUT2D eigenvalue weighted by atomic mass is 19.4. The second-order valence-electron chi connectivity index (χ2n) is 3.11. The van der Waals surface area contributed by atoms with Crippen LogP contribution >= 0.6 is 0 Å². The van der Waals surface area contributed by atoms with Gasteiger partial charge in [-0.1, -0.05) is 0 Å². The van der Waals surface area contributed by atoms with Crippen molar-refractivity contribution in [3.05, 3.63) is 29.3 Å². The van der Waals surface area contributed by atoms with E-state index in [1.165, 1.54) is 6.92 Å². The van der Waals surface area contributed by atoms with Gasteiger partial charge in [-0.15, -0.1) is 0 Å². The second kappa shape index (κ2) is 5.11. The van der Waals surface area contributed by atoms with Crippen LogP contribution in [0.1, 0.15) is 18.2 Å². The smallest absolute Gasteiger partial charge is 0.418 e. The van der Waals surface area contributed by atoms with E-state index in [0.29, 0.717) is 12.1 Å². The van der Waals surface area contributed by atoms with Crippen LogP contribution in [0.25, 0.3) is 0 Å². The molecular weight excluding hydrogens is 242 g/mol. The predicted molar refractivity (Wildman–Crippen MR) is 49.5 cm³/mol. The number of esters is 1. The average Bonchev–Trinajstić information content (AvgIpc) is 2.15. The van der Waals surface area contributed by atoms with E-state index in [1.807, 2.05) is 0 Å². The molecule has 0 spiro atoms. The minimum absolute atomic E-state index is 0.0372. The van der Waals surface area contributed by atoms with Gasteiger partial charge in [0.15, 0.2) is 0 Å². The molecule has 94 valence electrons. The van der Waals surface area contributed by atoms with Crippen molar-refractivity contribution in [3.63, 3.8) is 0 Å². The van der Waals surface area contributed by atoms with Gasteiger partial charge >= 0.3 is 12.1 Å². The third-order valence-electron chi connectivity index (χ3n) is 1.86. The molecule has 0 radical (unpaired) electrons. The van der Waals surface area contributed by atoms with Gasteiger partial charge in [0, 0.05) is 0 Å². The Morgan fingerprint density at radius 1 is 1.41 bits per heavy atom. The van der Waals surface area contributed by atoms with Gasteiger partial charge in [0.2, 0.25) is 5.95 Å². The average molecular weight is 251 g/mol. The molecule has 0 aliphatic heterocycles. The zero-order valence-corrected chi connectivity index (χ0v) is 8.84. The van der Waals surface area contributed by atoms with Crippen LogP contribution in [0.3, 0.4) is 0 Å². The number of ether oxygens (including phenoxy) is 1. The molecule has 0 atom stereocenters. The van der Waals surface area contributed by atoms with Crippen molar-refractivity contribution in [2.45, 2.75) is 19.5 Å². The summed E-state index contributed by atoms with van der Waals surface area (Å²) in [5, 5.41) is 0. The first-order chi connectivity index (χ1) is 7.84. The molecule has 0 fully saturated rings. The Balaban J connectivity index is 3.04. The van der Waals surface area contributed by atoms with Crippen LogP contribution < -0.4 is 0 Å². The number of aromatic nitrogens is 1. The normalized spacial score (nSPS) is 11.4. The van der Waals surface area contributed by atoms with E-state index >= 15 is 0 Å². The van der Waals surface area contributed by atoms with Gasteiger partial charge in [0.1, 0.15) is 0 Å². The minimum Gasteiger partial charge on any atom is -0.466 e. The Morgan fingerprint density at radius 2 is 2.06 bits per heavy atom. The second-order valence-corrected chi connectivity index (χ2v) is 3.11. The number of nitrogens with zero attached hydrogens (tertiary/aromatic N) is 1. The number of hydrogen-bond acceptors (Lipinski definition) is 3. The van der Waals surface area contributed by atoms with Crippen LogP contribution in [0.15, 0.2) is 12.1 Å². The van der Waals surface area contributed by atoms with Gasteiger partial charge in [0.05, 0.1) is 24.3 Å². The molecule has 17 heavy (non-hydrogen) atoms. The molecule has 3 nitrogen and oxygen atoms in total. The summed E-state index contributed by atoms with van der Waals surface area (Å²) in [6.45, 7) is 1.55. The van der Waals surface area contributed by atoms with E-state index in [9.17, 15) is 22.4 Å². The number of halogens is 4. The van der Waals surface area contributed by atoms with Crippen LogP contribution in [0.4, 0.5) is 17.6 Å². The summed E-state index contributed by atoms with van der Waals surface area (Å²) in [7, 11) is 0. The van der Waals surface area contributed by atoms with Crippen molar-refractivity contribution in [1.29, 1.82) is 0 Å². The number of carbonyl (C=O) groups is 1. The summed E-state index contributed by atoms with van der Waals surface area (Å²) >= 11 is 0. The summed E-state index contributed by atoms with van der Waals surface area (Å²) < 4.78 is 54.7. The van der Waals surface area contributed by atoms with Gasteiger partial charge in [0.25, 0.3) is 0 Å². The predicted octanol–water partition coefficient (Wildman–Crippen LogP) is 2.35. The standard InChI is InChI=1S/C10H9F4NO2/c1-2-17-9(16)5-7-6(10(12,13)14)3-4-8(11)15-7/h3-4H,2,5H2,1H3. The fraction of sp³-hybridized carbons (Fsp3) is 0.400. The van der Waals surface area contributed by atoms with E-state index in [1.54, 1.807) is 0 Å². The van der Waals surface area contributed by atoms with E-state index in [0.717, 1.165) is 0 Å². The summed E-state index contributed by atoms with van der Waals surface area (Å²) in [5.41, 5.74) is -1.80. The molecule has 0 bridgehead atoms. The van der Waals surface area contributed by atoms with Crippen molar-refractivity contribution in [1.82, 2.24) is 4.98 Å². The molecule has 1 aromatic heterocycles. The third-order valence-corrected chi connectivity index (χ3v) is 1.86. The molecule has 0 aromatic carbocycles. The lowest BCUT2D eigenvalue weighted by atomic mass is 10.1. The SMILES string of the molecule is CCOC(=O)Cc1nc(F)ccc1C(F)(F)F. The van der Waals surface area contributed by atoms with Crippen LogP contribution in [0.5, 0.6) is 0 Å². The molecule has 0 saturated heterocycles. The fourth-order valence-corrected chi connectivity index (χ4v) is 1.22. The molecule has 1 heterocycles. The van der Waals surface area contributed by atoms with Crippen molar-refractivity contribution in [2.24, 2.45) is 0 Å². The monoisotopic (exact) mass is 251 g/mol. The van der Waals surface area contributed by atoms with E-state index in [4.69, 9.17) is 0 Å². The lowest BCUT2D eigenvalue weighted by Gasteiger charge is -2.11. The number of pyridine rings is 1. The van der Waals surface area contributed by atoms with Gasteiger partial charge in [-0.05, 0) is 19.1 Å². The third kappa shape index (κ3) is 3.69. The van der Waals surface area contributed by atoms with Crippen molar-refractivity contribution in [2.75, 3.05) is 6.61 Å². The molecule has 1 aromatic rings. The quantitative estimate of drug-likeness (QED) is 0.470. The highest BCUT2D eigenvalue weighted by Gasteiger charge is 2.34. The van der Waals surface area contributed by atoms with E-state index in [-0.39, 0.29) is 6.61 Å². The highest BCUT2D eigenvalue weighted by Crippen LogP contribution is 2.31. The zero-order valence-electron chi connectivity index (χ0n) is 8.84. The van der Waals surface area contributed by atoms with Crippen LogP contribution in [-0.4, -0.2) is 17.6 Å². The van der Waals surface area contributed by atoms with Gasteiger partial charge < -0.3 is 4.74 Å². The van der Waals surface area contributed by atoms with Crippen LogP contribution in [0, 0.1) is 5.95 Å². The van der Waals surface area contributed by atoms with Gasteiger partial charge in [-0.2, -0.15) is 17.6 Å². The van der Waals surface area contributed by atoms with Crippen molar-refractivity contribution in [3.8, 4) is 0 Å². The lowest BCUT2D eigenvalue weighted by molar-refractivity contribution is -0.143. The molecule has 1 rings (SSSR count). The lowest BCUT2D eigenvalue weighted by Crippen LogP contribution is -2.16. The molecule has 0 N–H and O–H groups in total. The maximum absolute atomic E-state index is 12.7. The Hall–Kier alpha value is -1.66. The van der Waals surface area contributed by atoms with Crippen molar-refractivity contribution < 1.29 is 27.1 Å². The fourth-order valence-electron chi connectivity index (χ4n) is 1.22. The minimum atomic E-state index is -4.68. The number of rotatable bonds is 3. The van der Waals surface area contributed by atoms with E-state index in [2.05, 4.69) is 9.72 Å². The zero-order chi connectivity index (χ0) is 13.1. The molecular formula is C10H9F4NO2. The van der Waals surface area contributed by atoms with Gasteiger partial charge in [-0.3, -0.25) is 4.79 Å². The topological polar surface area (TPSA) is 39.2 Å². The Bertz CT molecular complexity index is 417. The van der Waals surface area contributed by atoms with Crippen molar-refractivity contribution >= 4 is 5.97 Å². The van der Waals surface area contributed by atoms with Crippen LogP contribution in [0.2, 0.25) is 0 Å². The Kier molecular flexibility index (Phi) is 4.03. The molecule has 0 aliphatic carbocycles. The van der Waals surface area contributed by atoms with Crippen LogP contribution in [-0.2, 0) is 22.1 Å². The summed E-state index contributed by atoms with van der Waals surface area (Å²) in [5.74, 6) is -1.95. The summed E-state index contributed by atoms with van der Waals surface area (Å²) in [6.07, 6.45) is -5.39. The molecule has 0 unspecified atom stereocenters. The number of hydrogen-bond donors (Lipinski definition) is 0. The number of alkyl halides is 3. The van der Waals surface area contributed by atoms with E-state index < -0.39 is 35.8 Å². The first kappa shape index (κ1) is 13.4. The number of carbonyl (C=O) groups excluding carboxylic acids is 1. The molecule has 0 aliphatic rings. The van der Waals surface area contributed by atoms with Gasteiger partial charge in [-0.25, -0.2) is 4.98 Å². The Labute approximate surface area is 94.4 Å². The maximum atomic E-state index is 12.7.